The van der Waals surface area contributed by atoms with E-state index in [2.05, 4.69) is 11.2 Å². The highest BCUT2D eigenvalue weighted by molar-refractivity contribution is 6.34. The van der Waals surface area contributed by atoms with Crippen LogP contribution >= 0.6 is 11.6 Å². The van der Waals surface area contributed by atoms with Gasteiger partial charge in [-0.1, -0.05) is 18.5 Å². The third-order valence-corrected chi connectivity index (χ3v) is 2.91. The number of hydrogen-bond donors (Lipinski definition) is 1. The Labute approximate surface area is 116 Å². The number of carbonyl (C=O) groups is 1. The summed E-state index contributed by atoms with van der Waals surface area (Å²) in [5, 5.41) is 13.3. The minimum absolute atomic E-state index is 0.0438. The fourth-order valence-electron chi connectivity index (χ4n) is 1.50. The molecule has 1 rings (SSSR count). The van der Waals surface area contributed by atoms with E-state index in [4.69, 9.17) is 18.0 Å². The van der Waals surface area contributed by atoms with Gasteiger partial charge in [-0.3, -0.25) is 14.9 Å². The van der Waals surface area contributed by atoms with Gasteiger partial charge in [-0.15, -0.1) is 12.3 Å². The summed E-state index contributed by atoms with van der Waals surface area (Å²) in [6.45, 7) is 1.90. The molecule has 1 atom stereocenters. The maximum atomic E-state index is 12.0. The monoisotopic (exact) mass is 280 g/mol. The van der Waals surface area contributed by atoms with E-state index in [1.807, 2.05) is 6.92 Å². The lowest BCUT2D eigenvalue weighted by molar-refractivity contribution is -0.384. The highest BCUT2D eigenvalue weighted by Crippen LogP contribution is 2.22. The number of nitro benzene ring substituents is 1. The molecule has 5 nitrogen and oxygen atoms in total. The topological polar surface area (TPSA) is 72.2 Å². The van der Waals surface area contributed by atoms with Gasteiger partial charge < -0.3 is 5.32 Å². The number of terminal acetylenes is 1. The Morgan fingerprint density at radius 1 is 1.63 bits per heavy atom. The molecule has 0 spiro atoms. The fourth-order valence-corrected chi connectivity index (χ4v) is 1.77. The molecule has 0 bridgehead atoms. The number of amides is 1. The van der Waals surface area contributed by atoms with Crippen molar-refractivity contribution >= 4 is 23.2 Å². The van der Waals surface area contributed by atoms with E-state index in [1.54, 1.807) is 0 Å². The van der Waals surface area contributed by atoms with Gasteiger partial charge in [-0.2, -0.15) is 0 Å². The normalized spacial score (nSPS) is 11.4. The van der Waals surface area contributed by atoms with Gasteiger partial charge in [0.25, 0.3) is 11.6 Å². The number of benzene rings is 1. The quantitative estimate of drug-likeness (QED) is 0.512. The number of nitro groups is 1. The Bertz CT molecular complexity index is 537. The first kappa shape index (κ1) is 15.0. The number of nitrogens with zero attached hydrogens (tertiary/aromatic N) is 1. The lowest BCUT2D eigenvalue weighted by atomic mass is 10.1. The SMILES string of the molecule is C#CCC(CC)NC(=O)c1ccc([N+](=O)[O-])cc1Cl. The van der Waals surface area contributed by atoms with Gasteiger partial charge in [0.15, 0.2) is 0 Å². The molecule has 0 aliphatic heterocycles. The maximum absolute atomic E-state index is 12.0. The highest BCUT2D eigenvalue weighted by Gasteiger charge is 2.17. The predicted molar refractivity (Wildman–Crippen MR) is 73.1 cm³/mol. The van der Waals surface area contributed by atoms with Crippen molar-refractivity contribution in [2.24, 2.45) is 0 Å². The van der Waals surface area contributed by atoms with Crippen molar-refractivity contribution in [1.82, 2.24) is 5.32 Å². The van der Waals surface area contributed by atoms with Gasteiger partial charge in [-0.05, 0) is 12.5 Å². The third-order valence-electron chi connectivity index (χ3n) is 2.60. The Hall–Kier alpha value is -2.06. The Kier molecular flexibility index (Phi) is 5.34. The van der Waals surface area contributed by atoms with Crippen LogP contribution in [0.5, 0.6) is 0 Å². The summed E-state index contributed by atoms with van der Waals surface area (Å²) in [5.41, 5.74) is 0.0416. The number of carbonyl (C=O) groups excluding carboxylic acids is 1. The van der Waals surface area contributed by atoms with E-state index in [-0.39, 0.29) is 28.2 Å². The summed E-state index contributed by atoms with van der Waals surface area (Å²) in [5.74, 6) is 2.09. The van der Waals surface area contributed by atoms with Crippen molar-refractivity contribution in [3.8, 4) is 12.3 Å². The second kappa shape index (κ2) is 6.76. The van der Waals surface area contributed by atoms with Crippen molar-refractivity contribution in [3.05, 3.63) is 38.9 Å². The molecule has 0 saturated carbocycles. The molecule has 0 fully saturated rings. The first-order valence-electron chi connectivity index (χ1n) is 5.67. The van der Waals surface area contributed by atoms with Crippen LogP contribution in [0.4, 0.5) is 5.69 Å². The number of rotatable bonds is 5. The lowest BCUT2D eigenvalue weighted by Crippen LogP contribution is -2.34. The van der Waals surface area contributed by atoms with Gasteiger partial charge in [0, 0.05) is 24.6 Å². The first-order chi connectivity index (χ1) is 8.99. The minimum Gasteiger partial charge on any atom is -0.348 e. The van der Waals surface area contributed by atoms with Crippen LogP contribution in [0.25, 0.3) is 0 Å². The second-order valence-electron chi connectivity index (χ2n) is 3.91. The minimum atomic E-state index is -0.569. The zero-order valence-electron chi connectivity index (χ0n) is 10.4. The summed E-state index contributed by atoms with van der Waals surface area (Å²) in [6, 6.07) is 3.59. The van der Waals surface area contributed by atoms with Crippen LogP contribution in [-0.2, 0) is 0 Å². The Balaban J connectivity index is 2.89. The summed E-state index contributed by atoms with van der Waals surface area (Å²) >= 11 is 5.87. The van der Waals surface area contributed by atoms with Gasteiger partial charge in [0.05, 0.1) is 15.5 Å². The molecule has 1 N–H and O–H groups in total. The molecule has 1 unspecified atom stereocenters. The molecule has 0 saturated heterocycles. The van der Waals surface area contributed by atoms with E-state index >= 15 is 0 Å². The van der Waals surface area contributed by atoms with Gasteiger partial charge in [0.2, 0.25) is 0 Å². The van der Waals surface area contributed by atoms with Crippen LogP contribution in [-0.4, -0.2) is 16.9 Å². The van der Waals surface area contributed by atoms with Crippen LogP contribution in [0.15, 0.2) is 18.2 Å². The molecular formula is C13H13ClN2O3. The molecule has 0 radical (unpaired) electrons. The van der Waals surface area contributed by atoms with Crippen LogP contribution in [0.2, 0.25) is 5.02 Å². The summed E-state index contributed by atoms with van der Waals surface area (Å²) < 4.78 is 0. The molecule has 1 aromatic rings. The summed E-state index contributed by atoms with van der Waals surface area (Å²) in [7, 11) is 0. The van der Waals surface area contributed by atoms with Gasteiger partial charge in [0.1, 0.15) is 0 Å². The van der Waals surface area contributed by atoms with Crippen molar-refractivity contribution in [2.45, 2.75) is 25.8 Å². The first-order valence-corrected chi connectivity index (χ1v) is 6.05. The molecule has 0 heterocycles. The van der Waals surface area contributed by atoms with Gasteiger partial charge >= 0.3 is 0 Å². The Morgan fingerprint density at radius 2 is 2.32 bits per heavy atom. The smallest absolute Gasteiger partial charge is 0.270 e. The second-order valence-corrected chi connectivity index (χ2v) is 4.32. The van der Waals surface area contributed by atoms with Crippen LogP contribution in [0, 0.1) is 22.5 Å². The number of hydrogen-bond acceptors (Lipinski definition) is 3. The summed E-state index contributed by atoms with van der Waals surface area (Å²) in [6.07, 6.45) is 6.32. The molecule has 0 aliphatic rings. The van der Waals surface area contributed by atoms with E-state index in [9.17, 15) is 14.9 Å². The predicted octanol–water partition coefficient (Wildman–Crippen LogP) is 2.78. The molecule has 100 valence electrons. The number of non-ortho nitro benzene ring substituents is 1. The average Bonchev–Trinajstić information content (AvgIpc) is 2.37. The van der Waals surface area contributed by atoms with Crippen LogP contribution < -0.4 is 5.32 Å². The third kappa shape index (κ3) is 3.97. The lowest BCUT2D eigenvalue weighted by Gasteiger charge is -2.14. The zero-order valence-corrected chi connectivity index (χ0v) is 11.1. The van der Waals surface area contributed by atoms with E-state index in [1.165, 1.54) is 12.1 Å². The van der Waals surface area contributed by atoms with Crippen molar-refractivity contribution in [3.63, 3.8) is 0 Å². The highest BCUT2D eigenvalue weighted by atomic mass is 35.5. The van der Waals surface area contributed by atoms with E-state index in [0.29, 0.717) is 12.8 Å². The van der Waals surface area contributed by atoms with Crippen molar-refractivity contribution in [1.29, 1.82) is 0 Å². The number of halogens is 1. The van der Waals surface area contributed by atoms with E-state index in [0.717, 1.165) is 6.07 Å². The molecule has 0 aromatic heterocycles. The fraction of sp³-hybridized carbons (Fsp3) is 0.308. The Morgan fingerprint density at radius 3 is 2.79 bits per heavy atom. The molecule has 6 heteroatoms. The van der Waals surface area contributed by atoms with Crippen LogP contribution in [0.1, 0.15) is 30.1 Å². The number of nitrogens with one attached hydrogen (secondary N) is 1. The van der Waals surface area contributed by atoms with Crippen molar-refractivity contribution in [2.75, 3.05) is 0 Å². The van der Waals surface area contributed by atoms with E-state index < -0.39 is 4.92 Å². The molecule has 0 aliphatic carbocycles. The van der Waals surface area contributed by atoms with Crippen molar-refractivity contribution < 1.29 is 9.72 Å². The maximum Gasteiger partial charge on any atom is 0.270 e. The zero-order chi connectivity index (χ0) is 14.4. The average molecular weight is 281 g/mol. The van der Waals surface area contributed by atoms with Crippen LogP contribution in [0.3, 0.4) is 0 Å². The summed E-state index contributed by atoms with van der Waals surface area (Å²) in [4.78, 5) is 22.0. The molecule has 1 aromatic carbocycles. The molecular weight excluding hydrogens is 268 g/mol. The largest absolute Gasteiger partial charge is 0.348 e. The standard InChI is InChI=1S/C13H13ClN2O3/c1-3-5-9(4-2)15-13(17)11-7-6-10(16(18)19)8-12(11)14/h1,6-9H,4-5H2,2H3,(H,15,17). The molecule has 19 heavy (non-hydrogen) atoms. The van der Waals surface area contributed by atoms with Gasteiger partial charge in [-0.25, -0.2) is 0 Å². The molecule has 1 amide bonds.